The van der Waals surface area contributed by atoms with Crippen molar-refractivity contribution < 1.29 is 9.59 Å². The topological polar surface area (TPSA) is 70.2 Å². The van der Waals surface area contributed by atoms with Crippen molar-refractivity contribution in [1.82, 2.24) is 5.32 Å². The predicted molar refractivity (Wildman–Crippen MR) is 77.6 cm³/mol. The lowest BCUT2D eigenvalue weighted by Gasteiger charge is -2.27. The molecule has 106 valence electrons. The lowest BCUT2D eigenvalue weighted by Crippen LogP contribution is -2.40. The maximum atomic E-state index is 12.3. The molecule has 3 N–H and O–H groups in total. The van der Waals surface area contributed by atoms with Crippen LogP contribution >= 0.6 is 0 Å². The zero-order chi connectivity index (χ0) is 14.1. The first-order valence-electron chi connectivity index (χ1n) is 7.09. The van der Waals surface area contributed by atoms with Crippen LogP contribution in [0.15, 0.2) is 18.2 Å². The molecule has 5 nitrogen and oxygen atoms in total. The molecule has 0 radical (unpaired) electrons. The Morgan fingerprint density at radius 1 is 1.40 bits per heavy atom. The van der Waals surface area contributed by atoms with Gasteiger partial charge in [0, 0.05) is 23.3 Å². The quantitative estimate of drug-likeness (QED) is 0.765. The molecule has 1 aromatic carbocycles. The average Bonchev–Trinajstić information content (AvgIpc) is 2.78. The predicted octanol–water partition coefficient (Wildman–Crippen LogP) is 1.51. The molecule has 0 spiro atoms. The molecule has 0 aromatic heterocycles. The van der Waals surface area contributed by atoms with Gasteiger partial charge in [-0.2, -0.15) is 0 Å². The molecule has 5 heteroatoms. The van der Waals surface area contributed by atoms with Gasteiger partial charge in [-0.15, -0.1) is 0 Å². The fourth-order valence-electron chi connectivity index (χ4n) is 2.92. The number of carbonyl (C=O) groups excluding carboxylic acids is 2. The van der Waals surface area contributed by atoms with Crippen LogP contribution in [-0.2, 0) is 16.0 Å². The highest BCUT2D eigenvalue weighted by atomic mass is 16.2. The van der Waals surface area contributed by atoms with Crippen molar-refractivity contribution in [2.45, 2.75) is 32.2 Å². The summed E-state index contributed by atoms with van der Waals surface area (Å²) < 4.78 is 0. The van der Waals surface area contributed by atoms with Crippen LogP contribution in [0.25, 0.3) is 0 Å². The van der Waals surface area contributed by atoms with Crippen molar-refractivity contribution >= 4 is 23.2 Å². The molecular formula is C15H19N3O2. The van der Waals surface area contributed by atoms with Crippen LogP contribution in [0.3, 0.4) is 0 Å². The summed E-state index contributed by atoms with van der Waals surface area (Å²) >= 11 is 0. The number of fused-ring (bicyclic) bond motifs is 1. The molecule has 1 aromatic rings. The fourth-order valence-corrected chi connectivity index (χ4v) is 2.92. The normalized spacial score (nSPS) is 24.9. The molecule has 20 heavy (non-hydrogen) atoms. The first-order chi connectivity index (χ1) is 9.61. The number of piperidine rings is 1. The molecule has 0 saturated carbocycles. The summed E-state index contributed by atoms with van der Waals surface area (Å²) in [6.45, 7) is 2.99. The lowest BCUT2D eigenvalue weighted by atomic mass is 9.92. The smallest absolute Gasteiger partial charge is 0.228 e. The number of hydrogen-bond donors (Lipinski definition) is 3. The van der Waals surface area contributed by atoms with Crippen LogP contribution < -0.4 is 16.0 Å². The summed E-state index contributed by atoms with van der Waals surface area (Å²) in [4.78, 5) is 23.6. The van der Waals surface area contributed by atoms with Gasteiger partial charge in [0.25, 0.3) is 0 Å². The van der Waals surface area contributed by atoms with E-state index in [2.05, 4.69) is 22.9 Å². The third kappa shape index (κ3) is 2.67. The number of anilines is 2. The summed E-state index contributed by atoms with van der Waals surface area (Å²) in [6, 6.07) is 5.96. The molecule has 1 saturated heterocycles. The van der Waals surface area contributed by atoms with Gasteiger partial charge in [0.05, 0.1) is 6.42 Å². The van der Waals surface area contributed by atoms with Gasteiger partial charge >= 0.3 is 0 Å². The number of rotatable bonds is 2. The van der Waals surface area contributed by atoms with E-state index in [1.807, 2.05) is 18.2 Å². The molecule has 2 heterocycles. The first-order valence-corrected chi connectivity index (χ1v) is 7.09. The monoisotopic (exact) mass is 273 g/mol. The van der Waals surface area contributed by atoms with E-state index in [0.717, 1.165) is 36.3 Å². The molecule has 3 rings (SSSR count). The lowest BCUT2D eigenvalue weighted by molar-refractivity contribution is -0.121. The second-order valence-electron chi connectivity index (χ2n) is 5.66. The highest BCUT2D eigenvalue weighted by molar-refractivity contribution is 6.00. The minimum absolute atomic E-state index is 0.00987. The SMILES string of the molecule is C[C@H]1C[C@@H](C(=O)Nc2ccc3c(c2)CC(=O)N3)CCN1. The summed E-state index contributed by atoms with van der Waals surface area (Å²) in [6.07, 6.45) is 2.14. The zero-order valence-corrected chi connectivity index (χ0v) is 11.5. The second-order valence-corrected chi connectivity index (χ2v) is 5.66. The van der Waals surface area contributed by atoms with E-state index in [-0.39, 0.29) is 17.7 Å². The molecule has 0 bridgehead atoms. The number of amides is 2. The van der Waals surface area contributed by atoms with Crippen molar-refractivity contribution in [3.05, 3.63) is 23.8 Å². The minimum Gasteiger partial charge on any atom is -0.326 e. The van der Waals surface area contributed by atoms with Crippen molar-refractivity contribution in [1.29, 1.82) is 0 Å². The van der Waals surface area contributed by atoms with E-state index in [9.17, 15) is 9.59 Å². The Bertz CT molecular complexity index is 556. The Morgan fingerprint density at radius 3 is 3.05 bits per heavy atom. The molecular weight excluding hydrogens is 254 g/mol. The molecule has 1 fully saturated rings. The van der Waals surface area contributed by atoms with Crippen molar-refractivity contribution in [2.75, 3.05) is 17.2 Å². The molecule has 2 aliphatic heterocycles. The number of hydrogen-bond acceptors (Lipinski definition) is 3. The van der Waals surface area contributed by atoms with Crippen molar-refractivity contribution in [2.24, 2.45) is 5.92 Å². The van der Waals surface area contributed by atoms with Gasteiger partial charge in [0.15, 0.2) is 0 Å². The number of carbonyl (C=O) groups is 2. The minimum atomic E-state index is 0.00987. The average molecular weight is 273 g/mol. The van der Waals surface area contributed by atoms with Crippen molar-refractivity contribution in [3.8, 4) is 0 Å². The van der Waals surface area contributed by atoms with Crippen LogP contribution in [0, 0.1) is 5.92 Å². The molecule has 2 atom stereocenters. The van der Waals surface area contributed by atoms with Gasteiger partial charge in [-0.05, 0) is 50.1 Å². The maximum Gasteiger partial charge on any atom is 0.228 e. The van der Waals surface area contributed by atoms with Gasteiger partial charge in [-0.1, -0.05) is 0 Å². The Balaban J connectivity index is 1.67. The van der Waals surface area contributed by atoms with Gasteiger partial charge in [0.2, 0.25) is 11.8 Å². The van der Waals surface area contributed by atoms with Gasteiger partial charge in [-0.25, -0.2) is 0 Å². The van der Waals surface area contributed by atoms with Crippen LogP contribution in [0.2, 0.25) is 0 Å². The molecule has 0 aliphatic carbocycles. The Morgan fingerprint density at radius 2 is 2.25 bits per heavy atom. The van der Waals surface area contributed by atoms with Crippen LogP contribution in [-0.4, -0.2) is 24.4 Å². The van der Waals surface area contributed by atoms with E-state index in [1.165, 1.54) is 0 Å². The maximum absolute atomic E-state index is 12.3. The van der Waals surface area contributed by atoms with Crippen LogP contribution in [0.1, 0.15) is 25.3 Å². The molecule has 2 amide bonds. The summed E-state index contributed by atoms with van der Waals surface area (Å²) in [7, 11) is 0. The second kappa shape index (κ2) is 5.25. The molecule has 2 aliphatic rings. The number of nitrogens with one attached hydrogen (secondary N) is 3. The van der Waals surface area contributed by atoms with E-state index < -0.39 is 0 Å². The highest BCUT2D eigenvalue weighted by Gasteiger charge is 2.25. The van der Waals surface area contributed by atoms with Gasteiger partial charge < -0.3 is 16.0 Å². The van der Waals surface area contributed by atoms with Crippen molar-refractivity contribution in [3.63, 3.8) is 0 Å². The van der Waals surface area contributed by atoms with E-state index in [4.69, 9.17) is 0 Å². The summed E-state index contributed by atoms with van der Waals surface area (Å²) in [5.74, 6) is 0.158. The zero-order valence-electron chi connectivity index (χ0n) is 11.5. The van der Waals surface area contributed by atoms with Crippen LogP contribution in [0.4, 0.5) is 11.4 Å². The van der Waals surface area contributed by atoms with Crippen LogP contribution in [0.5, 0.6) is 0 Å². The fraction of sp³-hybridized carbons (Fsp3) is 0.467. The Kier molecular flexibility index (Phi) is 3.44. The van der Waals surface area contributed by atoms with E-state index in [1.54, 1.807) is 0 Å². The van der Waals surface area contributed by atoms with Gasteiger partial charge in [-0.3, -0.25) is 9.59 Å². The molecule has 0 unspecified atom stereocenters. The third-order valence-electron chi connectivity index (χ3n) is 3.99. The Hall–Kier alpha value is -1.88. The Labute approximate surface area is 118 Å². The largest absolute Gasteiger partial charge is 0.326 e. The summed E-state index contributed by atoms with van der Waals surface area (Å²) in [5.41, 5.74) is 2.58. The highest BCUT2D eigenvalue weighted by Crippen LogP contribution is 2.27. The summed E-state index contributed by atoms with van der Waals surface area (Å²) in [5, 5.41) is 9.10. The number of benzene rings is 1. The van der Waals surface area contributed by atoms with Gasteiger partial charge in [0.1, 0.15) is 0 Å². The standard InChI is InChI=1S/C15H19N3O2/c1-9-6-10(4-5-16-9)15(20)17-12-2-3-13-11(7-12)8-14(19)18-13/h2-3,7,9-10,16H,4-6,8H2,1H3,(H,17,20)(H,18,19)/t9-,10-/m0/s1. The third-order valence-corrected chi connectivity index (χ3v) is 3.99. The first kappa shape index (κ1) is 13.1. The van der Waals surface area contributed by atoms with E-state index in [0.29, 0.717) is 12.5 Å². The van der Waals surface area contributed by atoms with E-state index >= 15 is 0 Å².